The van der Waals surface area contributed by atoms with Gasteiger partial charge in [-0.3, -0.25) is 0 Å². The van der Waals surface area contributed by atoms with Crippen molar-refractivity contribution in [1.82, 2.24) is 0 Å². The Bertz CT molecular complexity index is 890. The van der Waals surface area contributed by atoms with Crippen LogP contribution in [-0.2, 0) is 0 Å². The van der Waals surface area contributed by atoms with Crippen molar-refractivity contribution in [2.24, 2.45) is 0 Å². The summed E-state index contributed by atoms with van der Waals surface area (Å²) in [6, 6.07) is 26.1. The first-order chi connectivity index (χ1) is 10.9. The van der Waals surface area contributed by atoms with E-state index in [1.165, 1.54) is 33.7 Å². The number of nitrogens with zero attached hydrogens (tertiary/aromatic N) is 2. The molecule has 5 rings (SSSR count). The van der Waals surface area contributed by atoms with Crippen molar-refractivity contribution in [3.8, 4) is 11.1 Å². The van der Waals surface area contributed by atoms with Crippen molar-refractivity contribution in [2.75, 3.05) is 16.7 Å². The Morgan fingerprint density at radius 1 is 0.636 bits per heavy atom. The van der Waals surface area contributed by atoms with Crippen LogP contribution in [0.1, 0.15) is 0 Å². The fourth-order valence-electron chi connectivity index (χ4n) is 3.89. The van der Waals surface area contributed by atoms with Gasteiger partial charge in [0.1, 0.15) is 0 Å². The van der Waals surface area contributed by atoms with E-state index in [0.29, 0.717) is 0 Å². The molecule has 0 atom stereocenters. The molecule has 2 aliphatic heterocycles. The van der Waals surface area contributed by atoms with Gasteiger partial charge in [-0.05, 0) is 36.3 Å². The summed E-state index contributed by atoms with van der Waals surface area (Å²) in [4.78, 5) is 4.84. The molecule has 0 radical (unpaired) electrons. The lowest BCUT2D eigenvalue weighted by atomic mass is 9.60. The molecule has 0 aliphatic carbocycles. The van der Waals surface area contributed by atoms with E-state index in [0.717, 1.165) is 0 Å². The Balaban J connectivity index is 1.88. The summed E-state index contributed by atoms with van der Waals surface area (Å²) in [6.07, 6.45) is 0. The lowest BCUT2D eigenvalue weighted by Gasteiger charge is -2.35. The molecule has 0 fully saturated rings. The fraction of sp³-hybridized carbons (Fsp3) is 0.0526. The molecule has 0 amide bonds. The molecule has 3 aromatic rings. The Kier molecular flexibility index (Phi) is 2.26. The molecule has 2 nitrogen and oxygen atoms in total. The smallest absolute Gasteiger partial charge is 0.393 e. The summed E-state index contributed by atoms with van der Waals surface area (Å²) < 4.78 is 0. The molecule has 2 aliphatic rings. The van der Waals surface area contributed by atoms with Gasteiger partial charge in [-0.25, -0.2) is 0 Å². The number of anilines is 3. The highest BCUT2D eigenvalue weighted by molar-refractivity contribution is 6.85. The maximum Gasteiger partial charge on any atom is 0.416 e. The van der Waals surface area contributed by atoms with Crippen LogP contribution in [0.4, 0.5) is 17.1 Å². The normalized spacial score (nSPS) is 14.3. The average Bonchev–Trinajstić information content (AvgIpc) is 2.89. The van der Waals surface area contributed by atoms with Crippen LogP contribution in [0.3, 0.4) is 0 Å². The number of benzene rings is 3. The highest BCUT2D eigenvalue weighted by Crippen LogP contribution is 2.47. The number of fused-ring (bicyclic) bond motifs is 8. The topological polar surface area (TPSA) is 6.48 Å². The molecule has 0 aromatic heterocycles. The standard InChI is InChI=1S/C19H15BN2/c1-21-18-12-6-7-13-19(18)22-17-11-5-3-9-15(17)14-8-2-4-10-16(14)20(21)22/h2-13H,1H3. The van der Waals surface area contributed by atoms with Crippen molar-refractivity contribution in [3.05, 3.63) is 72.8 Å². The second-order valence-electron chi connectivity index (χ2n) is 5.95. The molecule has 22 heavy (non-hydrogen) atoms. The zero-order chi connectivity index (χ0) is 14.7. The van der Waals surface area contributed by atoms with Crippen LogP contribution < -0.4 is 15.1 Å². The average molecular weight is 282 g/mol. The molecule has 2 heterocycles. The van der Waals surface area contributed by atoms with Gasteiger partial charge in [-0.2, -0.15) is 0 Å². The van der Waals surface area contributed by atoms with Crippen LogP contribution in [0.5, 0.6) is 0 Å². The van der Waals surface area contributed by atoms with E-state index in [9.17, 15) is 0 Å². The highest BCUT2D eigenvalue weighted by Gasteiger charge is 2.45. The predicted octanol–water partition coefficient (Wildman–Crippen LogP) is 3.65. The number of hydrogen-bond donors (Lipinski definition) is 0. The fourth-order valence-corrected chi connectivity index (χ4v) is 3.89. The van der Waals surface area contributed by atoms with Gasteiger partial charge in [0.25, 0.3) is 0 Å². The summed E-state index contributed by atoms with van der Waals surface area (Å²) >= 11 is 0. The summed E-state index contributed by atoms with van der Waals surface area (Å²) in [7, 11) is 2.19. The van der Waals surface area contributed by atoms with Crippen LogP contribution in [0, 0.1) is 0 Å². The van der Waals surface area contributed by atoms with Crippen LogP contribution in [0.25, 0.3) is 11.1 Å². The van der Waals surface area contributed by atoms with Crippen LogP contribution in [0.2, 0.25) is 0 Å². The molecule has 104 valence electrons. The van der Waals surface area contributed by atoms with Crippen LogP contribution in [0.15, 0.2) is 72.8 Å². The zero-order valence-electron chi connectivity index (χ0n) is 12.4. The maximum atomic E-state index is 2.47. The van der Waals surface area contributed by atoms with Gasteiger partial charge < -0.3 is 9.62 Å². The quantitative estimate of drug-likeness (QED) is 0.581. The Labute approximate surface area is 130 Å². The second-order valence-corrected chi connectivity index (χ2v) is 5.95. The van der Waals surface area contributed by atoms with E-state index in [2.05, 4.69) is 89.5 Å². The van der Waals surface area contributed by atoms with E-state index < -0.39 is 0 Å². The van der Waals surface area contributed by atoms with E-state index >= 15 is 0 Å². The van der Waals surface area contributed by atoms with Crippen LogP contribution in [-0.4, -0.2) is 14.0 Å². The summed E-state index contributed by atoms with van der Waals surface area (Å²) in [5.74, 6) is 0. The molecular weight excluding hydrogens is 267 g/mol. The van der Waals surface area contributed by atoms with E-state index in [-0.39, 0.29) is 6.98 Å². The molecular formula is C19H15BN2. The highest BCUT2D eigenvalue weighted by atomic mass is 15.3. The van der Waals surface area contributed by atoms with E-state index in [4.69, 9.17) is 0 Å². The second kappa shape index (κ2) is 4.17. The van der Waals surface area contributed by atoms with Crippen LogP contribution >= 0.6 is 0 Å². The van der Waals surface area contributed by atoms with Gasteiger partial charge in [-0.15, -0.1) is 0 Å². The largest absolute Gasteiger partial charge is 0.416 e. The summed E-state index contributed by atoms with van der Waals surface area (Å²) in [6.45, 7) is 0.239. The Hall–Kier alpha value is -2.68. The van der Waals surface area contributed by atoms with Gasteiger partial charge in [0, 0.05) is 16.9 Å². The van der Waals surface area contributed by atoms with Crippen molar-refractivity contribution >= 4 is 29.5 Å². The summed E-state index contributed by atoms with van der Waals surface area (Å²) in [5, 5.41) is 0. The van der Waals surface area contributed by atoms with Crippen molar-refractivity contribution in [1.29, 1.82) is 0 Å². The third kappa shape index (κ3) is 1.36. The monoisotopic (exact) mass is 282 g/mol. The lowest BCUT2D eigenvalue weighted by molar-refractivity contribution is 1.32. The summed E-state index contributed by atoms with van der Waals surface area (Å²) in [5.41, 5.74) is 7.91. The van der Waals surface area contributed by atoms with Gasteiger partial charge in [-0.1, -0.05) is 54.6 Å². The van der Waals surface area contributed by atoms with E-state index in [1.54, 1.807) is 0 Å². The molecule has 3 heteroatoms. The first-order valence-electron chi connectivity index (χ1n) is 7.66. The van der Waals surface area contributed by atoms with E-state index in [1.807, 2.05) is 0 Å². The zero-order valence-corrected chi connectivity index (χ0v) is 12.4. The number of para-hydroxylation sites is 3. The first-order valence-corrected chi connectivity index (χ1v) is 7.66. The predicted molar refractivity (Wildman–Crippen MR) is 94.3 cm³/mol. The molecule has 0 spiro atoms. The number of rotatable bonds is 0. The number of hydrogen-bond acceptors (Lipinski definition) is 2. The lowest BCUT2D eigenvalue weighted by Crippen LogP contribution is -2.55. The van der Waals surface area contributed by atoms with Crippen molar-refractivity contribution in [3.63, 3.8) is 0 Å². The minimum absolute atomic E-state index is 0.239. The maximum absolute atomic E-state index is 2.47. The Morgan fingerprint density at radius 2 is 1.23 bits per heavy atom. The van der Waals surface area contributed by atoms with Gasteiger partial charge in [0.15, 0.2) is 0 Å². The molecule has 0 N–H and O–H groups in total. The van der Waals surface area contributed by atoms with Gasteiger partial charge >= 0.3 is 6.98 Å². The molecule has 0 saturated carbocycles. The first kappa shape index (κ1) is 11.9. The molecule has 0 bridgehead atoms. The van der Waals surface area contributed by atoms with Gasteiger partial charge in [0.05, 0.1) is 5.69 Å². The Morgan fingerprint density at radius 3 is 2.05 bits per heavy atom. The third-order valence-electron chi connectivity index (χ3n) is 4.83. The van der Waals surface area contributed by atoms with Gasteiger partial charge in [0.2, 0.25) is 0 Å². The minimum atomic E-state index is 0.239. The molecule has 0 unspecified atom stereocenters. The third-order valence-corrected chi connectivity index (χ3v) is 4.83. The molecule has 3 aromatic carbocycles. The van der Waals surface area contributed by atoms with Crippen molar-refractivity contribution in [2.45, 2.75) is 0 Å². The minimum Gasteiger partial charge on any atom is -0.393 e. The molecule has 0 saturated heterocycles. The van der Waals surface area contributed by atoms with Crippen molar-refractivity contribution < 1.29 is 0 Å². The SMILES string of the molecule is CN1B2c3ccccc3-c3ccccc3N2c2ccccc21.